The number of carbonyl (C=O) groups is 5. The maximum Gasteiger partial charge on any atom is 0.253 e. The van der Waals surface area contributed by atoms with Gasteiger partial charge < -0.3 is 101 Å². The third-order valence-corrected chi connectivity index (χ3v) is 23.7. The zero-order valence-electron chi connectivity index (χ0n) is 86.3. The van der Waals surface area contributed by atoms with Crippen LogP contribution in [0, 0.1) is 0 Å². The predicted octanol–water partition coefficient (Wildman–Crippen LogP) is 15.6. The van der Waals surface area contributed by atoms with Crippen LogP contribution in [0.3, 0.4) is 0 Å². The van der Waals surface area contributed by atoms with Gasteiger partial charge in [0.2, 0.25) is 41.6 Å². The molecule has 0 bridgehead atoms. The molecule has 0 aliphatic rings. The Kier molecular flexibility index (Phi) is 36.4. The van der Waals surface area contributed by atoms with Crippen LogP contribution in [0.25, 0.3) is 65.4 Å². The molecule has 12 aromatic heterocycles. The van der Waals surface area contributed by atoms with E-state index in [4.69, 9.17) is 43.7 Å². The third kappa shape index (κ3) is 27.5. The van der Waals surface area contributed by atoms with Crippen LogP contribution in [-0.2, 0) is 6.42 Å². The van der Waals surface area contributed by atoms with E-state index in [-0.39, 0.29) is 108 Å². The van der Waals surface area contributed by atoms with Crippen LogP contribution in [0.4, 0.5) is 70.6 Å². The van der Waals surface area contributed by atoms with Crippen LogP contribution in [0.1, 0.15) is 204 Å². The quantitative estimate of drug-likeness (QED) is 0.0216. The average molecular weight is 2020 g/mol. The third-order valence-electron chi connectivity index (χ3n) is 23.7. The Morgan fingerprint density at radius 2 is 0.627 bits per heavy atom. The zero-order valence-corrected chi connectivity index (χ0v) is 86.3. The molecule has 0 saturated carbocycles. The minimum Gasteiger partial charge on any atom is -0.496 e. The standard InChI is InChI=1S/2C20H24N6O.C18H20N6O.2C17H18N6O.C15H18N6O2/c1-12(2)26(4)19(27)14-8-9-15-17(11-14)24-20(21)25-18(15)23-13(3)16-7-5-6-10-22-16;1-4-26(5-2)19(27)14-9-10-15-17(12-14)24-20(21)25-18(15)23-13(3)16-8-6-7-11-22-16;1-11(14-6-4-5-9-20-14)21-16-13-8-7-12(17(25)24(2)3)10-15(13)22-18(19)23-16;2*1-10(13-5-3-4-8-20-13)21-15-12-7-6-11(16(24)19-2)9-14(12)22-17(18)23-15;1-4-11-19-14(23-21-11)8(2)17-13-12-9(18-15(16)20-13)6-5-7-10(12)22-3/h5-13H,1-4H3,(H3,21,23,24,25);6-13H,4-5H2,1-3H3,(H3,21,23,24,25);4-11H,1-3H3,(H3,19,21,22,23);2*3-10H,1-2H3,(H,19,24)(H3,18,21,22,23);5-8H,4H2,1-3H3,(H3,16,17,18,20)/t;13-;;10-;;8-/m.1.1.1/s1. The van der Waals surface area contributed by atoms with Crippen LogP contribution in [-0.4, -0.2) is 201 Å². The minimum absolute atomic E-state index is 0.0181. The molecule has 5 amide bonds. The van der Waals surface area contributed by atoms with Gasteiger partial charge in [0, 0.05) is 147 Å². The topological polar surface area (TPSA) is 615 Å². The lowest BCUT2D eigenvalue weighted by atomic mass is 10.1. The number of rotatable bonds is 28. The predicted molar refractivity (Wildman–Crippen MR) is 587 cm³/mol. The molecular weight excluding hydrogens is 1900 g/mol. The van der Waals surface area contributed by atoms with Gasteiger partial charge in [-0.25, -0.2) is 29.9 Å². The van der Waals surface area contributed by atoms with Crippen molar-refractivity contribution < 1.29 is 33.2 Å². The van der Waals surface area contributed by atoms with Crippen molar-refractivity contribution in [2.24, 2.45) is 0 Å². The highest BCUT2D eigenvalue weighted by Gasteiger charge is 2.25. The van der Waals surface area contributed by atoms with Crippen molar-refractivity contribution in [2.45, 2.75) is 125 Å². The van der Waals surface area contributed by atoms with Crippen LogP contribution in [0.5, 0.6) is 5.75 Å². The van der Waals surface area contributed by atoms with E-state index in [1.54, 1.807) is 144 Å². The lowest BCUT2D eigenvalue weighted by Gasteiger charge is -2.21. The summed E-state index contributed by atoms with van der Waals surface area (Å²) in [5.74, 6) is 5.88. The number of nitrogen functional groups attached to an aromatic ring is 6. The van der Waals surface area contributed by atoms with Crippen molar-refractivity contribution in [3.63, 3.8) is 0 Å². The van der Waals surface area contributed by atoms with Gasteiger partial charge in [-0.1, -0.05) is 48.5 Å². The number of ether oxygens (including phenoxy) is 1. The van der Waals surface area contributed by atoms with Crippen molar-refractivity contribution in [3.05, 3.63) is 299 Å². The lowest BCUT2D eigenvalue weighted by Crippen LogP contribution is -2.32. The number of anilines is 12. The number of fused-ring (bicyclic) bond motifs is 6. The number of amides is 5. The normalized spacial score (nSPS) is 12.0. The number of methoxy groups -OCH3 is 1. The summed E-state index contributed by atoms with van der Waals surface area (Å²) in [7, 11) is 9.98. The van der Waals surface area contributed by atoms with Crippen molar-refractivity contribution in [3.8, 4) is 5.75 Å². The number of nitrogens with one attached hydrogen (secondary N) is 8. The van der Waals surface area contributed by atoms with Gasteiger partial charge in [-0.05, 0) is 233 Å². The van der Waals surface area contributed by atoms with E-state index in [1.165, 1.54) is 4.90 Å². The Balaban J connectivity index is 0.000000150. The summed E-state index contributed by atoms with van der Waals surface area (Å²) in [5.41, 5.74) is 46.1. The molecule has 18 aromatic rings. The number of aromatic nitrogens is 19. The number of hydrogen-bond donors (Lipinski definition) is 14. The van der Waals surface area contributed by atoms with E-state index in [0.29, 0.717) is 133 Å². The van der Waals surface area contributed by atoms with E-state index >= 15 is 0 Å². The lowest BCUT2D eigenvalue weighted by molar-refractivity contribution is 0.0751. The fourth-order valence-electron chi connectivity index (χ4n) is 15.5. The van der Waals surface area contributed by atoms with E-state index in [2.05, 4.69) is 137 Å². The molecule has 12 heterocycles. The first-order valence-corrected chi connectivity index (χ1v) is 48.3. The molecule has 0 fully saturated rings. The number of carbonyl (C=O) groups excluding carboxylic acids is 5. The summed E-state index contributed by atoms with van der Waals surface area (Å²) < 4.78 is 10.7. The number of hydrogen-bond acceptors (Lipinski definition) is 38. The number of aryl methyl sites for hydroxylation is 1. The van der Waals surface area contributed by atoms with Crippen molar-refractivity contribution in [1.82, 2.24) is 120 Å². The summed E-state index contributed by atoms with van der Waals surface area (Å²) in [4.78, 5) is 143. The van der Waals surface area contributed by atoms with Gasteiger partial charge >= 0.3 is 0 Å². The highest BCUT2D eigenvalue weighted by molar-refractivity contribution is 6.05. The first kappa shape index (κ1) is 108. The van der Waals surface area contributed by atoms with Gasteiger partial charge in [-0.2, -0.15) is 34.9 Å². The molecule has 0 aliphatic heterocycles. The molecule has 3 unspecified atom stereocenters. The smallest absolute Gasteiger partial charge is 0.253 e. The monoisotopic (exact) mass is 2020 g/mol. The van der Waals surface area contributed by atoms with Crippen LogP contribution in [0.2, 0.25) is 0 Å². The maximum atomic E-state index is 12.6. The van der Waals surface area contributed by atoms with Gasteiger partial charge in [0.1, 0.15) is 46.7 Å². The highest BCUT2D eigenvalue weighted by atomic mass is 16.5. The molecule has 43 nitrogen and oxygen atoms in total. The van der Waals surface area contributed by atoms with Crippen molar-refractivity contribution in [2.75, 3.05) is 122 Å². The molecule has 0 aliphatic carbocycles. The zero-order chi connectivity index (χ0) is 108. The summed E-state index contributed by atoms with van der Waals surface area (Å²) >= 11 is 0. The first-order valence-electron chi connectivity index (χ1n) is 48.3. The molecule has 43 heteroatoms. The van der Waals surface area contributed by atoms with E-state index in [9.17, 15) is 24.0 Å². The molecule has 0 radical (unpaired) electrons. The molecule has 18 rings (SSSR count). The molecular formula is C107H122N36O7. The molecule has 6 aromatic carbocycles. The fraction of sp³-hybridized carbons (Fsp3) is 0.252. The Hall–Kier alpha value is -19.0. The molecule has 150 heavy (non-hydrogen) atoms. The van der Waals surface area contributed by atoms with Gasteiger partial charge in [-0.3, -0.25) is 48.9 Å². The molecule has 20 N–H and O–H groups in total. The summed E-state index contributed by atoms with van der Waals surface area (Å²) in [6.45, 7) is 23.1. The number of pyridine rings is 5. The summed E-state index contributed by atoms with van der Waals surface area (Å²) in [6, 6.07) is 60.6. The van der Waals surface area contributed by atoms with E-state index in [0.717, 1.165) is 60.8 Å². The summed E-state index contributed by atoms with van der Waals surface area (Å²) in [6.07, 6.45) is 9.46. The van der Waals surface area contributed by atoms with Crippen LogP contribution < -0.4 is 81.7 Å². The number of benzene rings is 6. The van der Waals surface area contributed by atoms with E-state index in [1.807, 2.05) is 216 Å². The second kappa shape index (κ2) is 50.5. The fourth-order valence-corrected chi connectivity index (χ4v) is 15.5. The second-order valence-corrected chi connectivity index (χ2v) is 34.8. The first-order chi connectivity index (χ1) is 72.1. The average Bonchev–Trinajstić information content (AvgIpc) is 0.894. The number of nitrogens with two attached hydrogens (primary N) is 6. The van der Waals surface area contributed by atoms with Gasteiger partial charge in [0.05, 0.1) is 104 Å². The SMILES string of the molecule is CC(Nc1nc(N)nc2cc(C(=O)N(C)C(C)C)ccc12)c1ccccn1.CC(Nc1nc(N)nc2cc(C(=O)N(C)C)ccc12)c1ccccn1.CCN(CC)C(=O)c1ccc2c(N[C@H](C)c3ccccn3)nc(N)nc2c1.CCc1noc([C@@H](C)Nc2nc(N)nc3cccc(OC)c23)n1.CNC(=O)c1ccc2c(NC(C)c3ccccn3)nc(N)nc2c1.CNC(=O)c1ccc2c(N[C@H](C)c3ccccn3)nc(N)nc2c1. The van der Waals surface area contributed by atoms with Gasteiger partial charge in [0.15, 0.2) is 5.82 Å². The molecule has 6 atom stereocenters. The molecule has 772 valence electrons. The van der Waals surface area contributed by atoms with Crippen LogP contribution in [0.15, 0.2) is 236 Å². The van der Waals surface area contributed by atoms with Gasteiger partial charge in [0.25, 0.3) is 29.5 Å². The van der Waals surface area contributed by atoms with E-state index < -0.39 is 0 Å². The Labute approximate surface area is 865 Å². The minimum atomic E-state index is -0.231. The Bertz CT molecular complexity index is 7450. The van der Waals surface area contributed by atoms with Crippen LogP contribution >= 0.6 is 0 Å². The van der Waals surface area contributed by atoms with Crippen molar-refractivity contribution >= 4 is 166 Å². The highest BCUT2D eigenvalue weighted by Crippen LogP contribution is 2.36. The largest absolute Gasteiger partial charge is 0.496 e. The molecule has 0 saturated heterocycles. The Morgan fingerprint density at radius 3 is 0.907 bits per heavy atom. The Morgan fingerprint density at radius 1 is 0.333 bits per heavy atom. The second-order valence-electron chi connectivity index (χ2n) is 34.8. The summed E-state index contributed by atoms with van der Waals surface area (Å²) in [5, 5.41) is 33.7. The molecule has 0 spiro atoms. The number of nitrogens with zero attached hydrogens (tertiary/aromatic N) is 22. The maximum absolute atomic E-state index is 12.6. The van der Waals surface area contributed by atoms with Crippen molar-refractivity contribution in [1.29, 1.82) is 0 Å². The van der Waals surface area contributed by atoms with Gasteiger partial charge in [-0.15, -0.1) is 0 Å².